The van der Waals surface area contributed by atoms with Crippen molar-refractivity contribution in [2.45, 2.75) is 37.8 Å². The van der Waals surface area contributed by atoms with Crippen molar-refractivity contribution in [2.75, 3.05) is 19.7 Å². The van der Waals surface area contributed by atoms with E-state index in [0.717, 1.165) is 13.0 Å². The largest absolute Gasteiger partial charge is 0.362 e. The Morgan fingerprint density at radius 3 is 2.93 bits per heavy atom. The molecule has 0 aromatic rings. The molecule has 2 aliphatic rings. The first kappa shape index (κ1) is 9.93. The quantitative estimate of drug-likeness (QED) is 0.625. The van der Waals surface area contributed by atoms with Gasteiger partial charge in [-0.3, -0.25) is 4.79 Å². The number of rotatable bonds is 1. The van der Waals surface area contributed by atoms with Gasteiger partial charge in [-0.15, -0.1) is 0 Å². The molecule has 2 saturated heterocycles. The van der Waals surface area contributed by atoms with Gasteiger partial charge in [0.15, 0.2) is 0 Å². The van der Waals surface area contributed by atoms with E-state index < -0.39 is 0 Å². The predicted molar refractivity (Wildman–Crippen MR) is 53.0 cm³/mol. The number of piperidine rings is 1. The third-order valence-electron chi connectivity index (χ3n) is 3.22. The van der Waals surface area contributed by atoms with Crippen LogP contribution in [0.15, 0.2) is 0 Å². The molecule has 0 radical (unpaired) electrons. The van der Waals surface area contributed by atoms with E-state index >= 15 is 0 Å². The lowest BCUT2D eigenvalue weighted by Gasteiger charge is -2.42. The van der Waals surface area contributed by atoms with E-state index in [-0.39, 0.29) is 18.1 Å². The van der Waals surface area contributed by atoms with Crippen LogP contribution in [0, 0.1) is 0 Å². The van der Waals surface area contributed by atoms with Crippen LogP contribution in [0.1, 0.15) is 26.2 Å². The highest BCUT2D eigenvalue weighted by atomic mass is 16.5. The van der Waals surface area contributed by atoms with Crippen LogP contribution in [0.2, 0.25) is 0 Å². The van der Waals surface area contributed by atoms with Gasteiger partial charge in [-0.05, 0) is 26.3 Å². The van der Waals surface area contributed by atoms with Gasteiger partial charge in [0.2, 0.25) is 5.91 Å². The molecule has 0 spiro atoms. The topological polar surface area (TPSA) is 50.4 Å². The van der Waals surface area contributed by atoms with Crippen molar-refractivity contribution in [3.8, 4) is 0 Å². The molecule has 2 rings (SSSR count). The van der Waals surface area contributed by atoms with Crippen LogP contribution in [0.4, 0.5) is 0 Å². The minimum absolute atomic E-state index is 0.00159. The van der Waals surface area contributed by atoms with Crippen LogP contribution in [-0.4, -0.2) is 37.2 Å². The molecule has 2 atom stereocenters. The van der Waals surface area contributed by atoms with Gasteiger partial charge in [-0.1, -0.05) is 6.42 Å². The van der Waals surface area contributed by atoms with Crippen LogP contribution in [0.3, 0.4) is 0 Å². The van der Waals surface area contributed by atoms with Crippen molar-refractivity contribution in [3.05, 3.63) is 0 Å². The third-order valence-corrected chi connectivity index (χ3v) is 3.22. The first-order chi connectivity index (χ1) is 6.71. The lowest BCUT2D eigenvalue weighted by atomic mass is 9.88. The molecule has 2 unspecified atom stereocenters. The summed E-state index contributed by atoms with van der Waals surface area (Å²) in [6, 6.07) is 0.386. The van der Waals surface area contributed by atoms with Crippen LogP contribution in [0.5, 0.6) is 0 Å². The summed E-state index contributed by atoms with van der Waals surface area (Å²) in [5.41, 5.74) is -0.214. The fourth-order valence-corrected chi connectivity index (χ4v) is 2.20. The summed E-state index contributed by atoms with van der Waals surface area (Å²) in [5.74, 6) is -0.00159. The number of carbonyl (C=O) groups excluding carboxylic acids is 1. The number of hydrogen-bond acceptors (Lipinski definition) is 3. The minimum atomic E-state index is -0.214. The molecule has 0 aliphatic carbocycles. The zero-order chi connectivity index (χ0) is 10.0. The molecule has 4 nitrogen and oxygen atoms in total. The van der Waals surface area contributed by atoms with E-state index in [0.29, 0.717) is 12.6 Å². The molecule has 0 aromatic carbocycles. The van der Waals surface area contributed by atoms with Gasteiger partial charge in [-0.2, -0.15) is 0 Å². The molecule has 1 amide bonds. The Balaban J connectivity index is 1.96. The number of hydrogen-bond donors (Lipinski definition) is 2. The summed E-state index contributed by atoms with van der Waals surface area (Å²) >= 11 is 0. The van der Waals surface area contributed by atoms with Gasteiger partial charge < -0.3 is 15.4 Å². The zero-order valence-electron chi connectivity index (χ0n) is 8.64. The van der Waals surface area contributed by atoms with Crippen molar-refractivity contribution < 1.29 is 9.53 Å². The number of ether oxygens (including phenoxy) is 1. The first-order valence-electron chi connectivity index (χ1n) is 5.35. The van der Waals surface area contributed by atoms with E-state index in [9.17, 15) is 4.79 Å². The molecule has 2 fully saturated rings. The highest BCUT2D eigenvalue weighted by Crippen LogP contribution is 2.23. The van der Waals surface area contributed by atoms with Gasteiger partial charge in [0.1, 0.15) is 6.61 Å². The maximum atomic E-state index is 11.0. The molecule has 0 saturated carbocycles. The standard InChI is InChI=1S/C10H18N2O2/c1-10(7-12-9(13)6-14-10)8-4-2-3-5-11-8/h8,11H,2-7H2,1H3,(H,12,13). The summed E-state index contributed by atoms with van der Waals surface area (Å²) in [6.07, 6.45) is 3.65. The maximum absolute atomic E-state index is 11.0. The number of amides is 1. The Hall–Kier alpha value is -0.610. The van der Waals surface area contributed by atoms with E-state index in [1.165, 1.54) is 12.8 Å². The second kappa shape index (κ2) is 3.87. The third kappa shape index (κ3) is 1.91. The van der Waals surface area contributed by atoms with E-state index in [4.69, 9.17) is 4.74 Å². The van der Waals surface area contributed by atoms with Crippen molar-refractivity contribution in [1.82, 2.24) is 10.6 Å². The smallest absolute Gasteiger partial charge is 0.246 e. The van der Waals surface area contributed by atoms with Crippen LogP contribution in [-0.2, 0) is 9.53 Å². The summed E-state index contributed by atoms with van der Waals surface area (Å²) in [4.78, 5) is 11.0. The summed E-state index contributed by atoms with van der Waals surface area (Å²) in [5, 5.41) is 6.33. The first-order valence-corrected chi connectivity index (χ1v) is 5.35. The summed E-state index contributed by atoms with van der Waals surface area (Å²) < 4.78 is 5.64. The Bertz CT molecular complexity index is 214. The predicted octanol–water partition coefficient (Wildman–Crippen LogP) is 0.0336. The van der Waals surface area contributed by atoms with Gasteiger partial charge in [-0.25, -0.2) is 0 Å². The average molecular weight is 198 g/mol. The van der Waals surface area contributed by atoms with E-state index in [2.05, 4.69) is 17.6 Å². The second-order valence-electron chi connectivity index (χ2n) is 4.38. The Morgan fingerprint density at radius 2 is 2.36 bits per heavy atom. The molecule has 80 valence electrons. The number of nitrogens with one attached hydrogen (secondary N) is 2. The molecule has 4 heteroatoms. The van der Waals surface area contributed by atoms with E-state index in [1.54, 1.807) is 0 Å². The highest BCUT2D eigenvalue weighted by molar-refractivity contribution is 5.78. The molecule has 2 aliphatic heterocycles. The molecule has 14 heavy (non-hydrogen) atoms. The molecular formula is C10H18N2O2. The molecule has 2 N–H and O–H groups in total. The Morgan fingerprint density at radius 1 is 1.50 bits per heavy atom. The van der Waals surface area contributed by atoms with Crippen molar-refractivity contribution in [1.29, 1.82) is 0 Å². The lowest BCUT2D eigenvalue weighted by molar-refractivity contribution is -0.146. The number of carbonyl (C=O) groups is 1. The molecule has 0 bridgehead atoms. The molecule has 0 aromatic heterocycles. The van der Waals surface area contributed by atoms with Crippen LogP contribution < -0.4 is 10.6 Å². The molecular weight excluding hydrogens is 180 g/mol. The monoisotopic (exact) mass is 198 g/mol. The normalized spacial score (nSPS) is 39.2. The fraction of sp³-hybridized carbons (Fsp3) is 0.900. The Kier molecular flexibility index (Phi) is 2.74. The second-order valence-corrected chi connectivity index (χ2v) is 4.38. The Labute approximate surface area is 84.4 Å². The van der Waals surface area contributed by atoms with Crippen LogP contribution in [0.25, 0.3) is 0 Å². The van der Waals surface area contributed by atoms with E-state index in [1.807, 2.05) is 0 Å². The van der Waals surface area contributed by atoms with Crippen molar-refractivity contribution in [3.63, 3.8) is 0 Å². The minimum Gasteiger partial charge on any atom is -0.362 e. The van der Waals surface area contributed by atoms with Gasteiger partial charge >= 0.3 is 0 Å². The zero-order valence-corrected chi connectivity index (χ0v) is 8.64. The van der Waals surface area contributed by atoms with Gasteiger partial charge in [0.05, 0.1) is 5.60 Å². The van der Waals surface area contributed by atoms with Gasteiger partial charge in [0, 0.05) is 12.6 Å². The highest BCUT2D eigenvalue weighted by Gasteiger charge is 2.39. The van der Waals surface area contributed by atoms with Gasteiger partial charge in [0.25, 0.3) is 0 Å². The molecule has 2 heterocycles. The summed E-state index contributed by atoms with van der Waals surface area (Å²) in [6.45, 7) is 3.98. The van der Waals surface area contributed by atoms with Crippen LogP contribution >= 0.6 is 0 Å². The average Bonchev–Trinajstić information content (AvgIpc) is 2.24. The van der Waals surface area contributed by atoms with Crippen molar-refractivity contribution >= 4 is 5.91 Å². The fourth-order valence-electron chi connectivity index (χ4n) is 2.20. The maximum Gasteiger partial charge on any atom is 0.246 e. The van der Waals surface area contributed by atoms with Crippen molar-refractivity contribution in [2.24, 2.45) is 0 Å². The lowest BCUT2D eigenvalue weighted by Crippen LogP contribution is -2.61. The number of morpholine rings is 1. The SMILES string of the molecule is CC1(C2CCCCN2)CNC(=O)CO1. The summed E-state index contributed by atoms with van der Waals surface area (Å²) in [7, 11) is 0.